The Balaban J connectivity index is 1.91. The Kier molecular flexibility index (Phi) is 3.30. The van der Waals surface area contributed by atoms with E-state index in [2.05, 4.69) is 33.0 Å². The Labute approximate surface area is 142 Å². The van der Waals surface area contributed by atoms with E-state index in [4.69, 9.17) is 5.73 Å². The molecular formula is C20H31NOSi. The van der Waals surface area contributed by atoms with E-state index < -0.39 is 8.80 Å². The van der Waals surface area contributed by atoms with Crippen molar-refractivity contribution in [2.24, 2.45) is 28.9 Å². The molecule has 0 spiro atoms. The molecule has 2 N–H and O–H groups in total. The van der Waals surface area contributed by atoms with Crippen molar-refractivity contribution in [3.63, 3.8) is 0 Å². The monoisotopic (exact) mass is 329 g/mol. The number of hydrogen-bond donors (Lipinski definition) is 1. The molecule has 1 amide bonds. The Hall–Kier alpha value is -0.833. The fourth-order valence-corrected chi connectivity index (χ4v) is 11.2. The van der Waals surface area contributed by atoms with Crippen molar-refractivity contribution in [2.75, 3.05) is 0 Å². The SMILES string of the molecule is CC1=C(C)CC(C2([SiH](C)C)C3CC4CC(C3)CC2(C(N)=O)C4)=C1. The maximum Gasteiger partial charge on any atom is 0.224 e. The minimum Gasteiger partial charge on any atom is -0.369 e. The van der Waals surface area contributed by atoms with Crippen LogP contribution in [-0.2, 0) is 4.79 Å². The van der Waals surface area contributed by atoms with Crippen molar-refractivity contribution in [3.8, 4) is 0 Å². The van der Waals surface area contributed by atoms with Crippen LogP contribution in [0.25, 0.3) is 0 Å². The van der Waals surface area contributed by atoms with Crippen molar-refractivity contribution in [3.05, 3.63) is 22.8 Å². The first-order valence-corrected chi connectivity index (χ1v) is 12.4. The van der Waals surface area contributed by atoms with Crippen molar-refractivity contribution < 1.29 is 4.79 Å². The topological polar surface area (TPSA) is 43.1 Å². The second-order valence-corrected chi connectivity index (χ2v) is 12.5. The fourth-order valence-electron chi connectivity index (χ4n) is 7.56. The van der Waals surface area contributed by atoms with Gasteiger partial charge in [0.25, 0.3) is 0 Å². The molecule has 126 valence electrons. The minimum atomic E-state index is -1.10. The number of nitrogens with two attached hydrogens (primary N) is 1. The Morgan fingerprint density at radius 3 is 2.22 bits per heavy atom. The Morgan fingerprint density at radius 2 is 1.78 bits per heavy atom. The van der Waals surface area contributed by atoms with Gasteiger partial charge in [-0.3, -0.25) is 4.79 Å². The summed E-state index contributed by atoms with van der Waals surface area (Å²) in [5.74, 6) is 2.27. The zero-order valence-electron chi connectivity index (χ0n) is 15.1. The molecule has 0 aromatic heterocycles. The summed E-state index contributed by atoms with van der Waals surface area (Å²) >= 11 is 0. The van der Waals surface area contributed by atoms with Crippen LogP contribution in [0.2, 0.25) is 18.1 Å². The van der Waals surface area contributed by atoms with Crippen molar-refractivity contribution in [1.82, 2.24) is 0 Å². The summed E-state index contributed by atoms with van der Waals surface area (Å²) in [4.78, 5) is 12.9. The second-order valence-electron chi connectivity index (χ2n) is 9.32. The van der Waals surface area contributed by atoms with Gasteiger partial charge in [-0.15, -0.1) is 0 Å². The number of primary amides is 1. The first-order valence-electron chi connectivity index (χ1n) is 9.48. The van der Waals surface area contributed by atoms with E-state index in [0.29, 0.717) is 0 Å². The predicted octanol–water partition coefficient (Wildman–Crippen LogP) is 4.19. The molecule has 5 aliphatic carbocycles. The minimum absolute atomic E-state index is 0.0286. The number of amides is 1. The van der Waals surface area contributed by atoms with Crippen LogP contribution in [0, 0.1) is 23.2 Å². The van der Waals surface area contributed by atoms with E-state index in [0.717, 1.165) is 37.0 Å². The van der Waals surface area contributed by atoms with Crippen molar-refractivity contribution in [2.45, 2.75) is 70.5 Å². The quantitative estimate of drug-likeness (QED) is 0.775. The van der Waals surface area contributed by atoms with Gasteiger partial charge in [0.1, 0.15) is 0 Å². The van der Waals surface area contributed by atoms with Gasteiger partial charge in [0, 0.05) is 13.8 Å². The lowest BCUT2D eigenvalue weighted by atomic mass is 9.42. The standard InChI is InChI=1S/C20H31NOSi/c1-12-5-16(6-13(12)2)20(23(3)4)17-8-14-7-15(9-17)11-19(20,10-14)18(21)22/h5,14-15,17,23H,6-11H2,1-4H3,(H2,21,22). The lowest BCUT2D eigenvalue weighted by Crippen LogP contribution is -2.65. The molecule has 3 unspecified atom stereocenters. The fraction of sp³-hybridized carbons (Fsp3) is 0.750. The summed E-state index contributed by atoms with van der Waals surface area (Å²) in [6.45, 7) is 9.47. The molecule has 3 heteroatoms. The average Bonchev–Trinajstić information content (AvgIpc) is 2.77. The molecule has 0 heterocycles. The van der Waals surface area contributed by atoms with Gasteiger partial charge in [-0.1, -0.05) is 35.9 Å². The molecule has 4 saturated carbocycles. The highest BCUT2D eigenvalue weighted by Gasteiger charge is 2.69. The van der Waals surface area contributed by atoms with Crippen LogP contribution in [-0.4, -0.2) is 14.7 Å². The molecule has 23 heavy (non-hydrogen) atoms. The van der Waals surface area contributed by atoms with E-state index in [1.54, 1.807) is 5.57 Å². The van der Waals surface area contributed by atoms with Gasteiger partial charge in [-0.25, -0.2) is 0 Å². The summed E-state index contributed by atoms with van der Waals surface area (Å²) in [5, 5.41) is 0.144. The van der Waals surface area contributed by atoms with Crippen LogP contribution < -0.4 is 5.73 Å². The lowest BCUT2D eigenvalue weighted by molar-refractivity contribution is -0.149. The zero-order valence-corrected chi connectivity index (χ0v) is 16.3. The Morgan fingerprint density at radius 1 is 1.17 bits per heavy atom. The molecule has 2 nitrogen and oxygen atoms in total. The molecule has 4 bridgehead atoms. The van der Waals surface area contributed by atoms with E-state index in [9.17, 15) is 4.79 Å². The van der Waals surface area contributed by atoms with Gasteiger partial charge in [0.2, 0.25) is 5.91 Å². The van der Waals surface area contributed by atoms with Gasteiger partial charge in [-0.05, 0) is 70.1 Å². The van der Waals surface area contributed by atoms with Crippen LogP contribution in [0.3, 0.4) is 0 Å². The summed E-state index contributed by atoms with van der Waals surface area (Å²) in [5.41, 5.74) is 10.5. The number of rotatable bonds is 3. The average molecular weight is 330 g/mol. The van der Waals surface area contributed by atoms with E-state index >= 15 is 0 Å². The van der Waals surface area contributed by atoms with E-state index in [-0.39, 0.29) is 16.4 Å². The third kappa shape index (κ3) is 1.78. The van der Waals surface area contributed by atoms with Crippen LogP contribution in [0.1, 0.15) is 52.4 Å². The number of carbonyl (C=O) groups is 1. The number of allylic oxidation sites excluding steroid dienone is 4. The lowest BCUT2D eigenvalue weighted by Gasteiger charge is -2.68. The van der Waals surface area contributed by atoms with Gasteiger partial charge >= 0.3 is 0 Å². The molecule has 0 radical (unpaired) electrons. The molecule has 5 aliphatic rings. The highest BCUT2D eigenvalue weighted by molar-refractivity contribution is 6.61. The number of carbonyl (C=O) groups excluding carboxylic acids is 1. The molecule has 3 atom stereocenters. The first kappa shape index (κ1) is 15.7. The summed E-state index contributed by atoms with van der Waals surface area (Å²) < 4.78 is 0. The largest absolute Gasteiger partial charge is 0.369 e. The molecular weight excluding hydrogens is 298 g/mol. The predicted molar refractivity (Wildman–Crippen MR) is 97.8 cm³/mol. The van der Waals surface area contributed by atoms with Crippen LogP contribution >= 0.6 is 0 Å². The summed E-state index contributed by atoms with van der Waals surface area (Å²) in [6, 6.07) is 0. The van der Waals surface area contributed by atoms with Crippen LogP contribution in [0.4, 0.5) is 0 Å². The second kappa shape index (κ2) is 4.84. The van der Waals surface area contributed by atoms with Gasteiger partial charge in [-0.2, -0.15) is 0 Å². The van der Waals surface area contributed by atoms with Gasteiger partial charge in [0.15, 0.2) is 0 Å². The maximum absolute atomic E-state index is 12.9. The third-order valence-corrected chi connectivity index (χ3v) is 11.3. The molecule has 0 saturated heterocycles. The molecule has 4 fully saturated rings. The smallest absolute Gasteiger partial charge is 0.224 e. The molecule has 0 aromatic rings. The van der Waals surface area contributed by atoms with Gasteiger partial charge < -0.3 is 5.73 Å². The third-order valence-electron chi connectivity index (χ3n) is 8.05. The Bertz CT molecular complexity index is 618. The van der Waals surface area contributed by atoms with E-state index in [1.807, 2.05) is 0 Å². The van der Waals surface area contributed by atoms with Crippen LogP contribution in [0.15, 0.2) is 22.8 Å². The zero-order chi connectivity index (χ0) is 16.6. The maximum atomic E-state index is 12.9. The normalized spacial score (nSPS) is 45.1. The first-order chi connectivity index (χ1) is 10.8. The summed E-state index contributed by atoms with van der Waals surface area (Å²) in [6.07, 6.45) is 9.77. The van der Waals surface area contributed by atoms with Crippen molar-refractivity contribution >= 4 is 14.7 Å². The van der Waals surface area contributed by atoms with E-state index in [1.165, 1.54) is 30.4 Å². The van der Waals surface area contributed by atoms with Gasteiger partial charge in [0.05, 0.1) is 5.41 Å². The molecule has 0 aromatic carbocycles. The highest BCUT2D eigenvalue weighted by atomic mass is 28.3. The molecule has 5 rings (SSSR count). The highest BCUT2D eigenvalue weighted by Crippen LogP contribution is 2.76. The summed E-state index contributed by atoms with van der Waals surface area (Å²) in [7, 11) is -1.10. The molecule has 0 aliphatic heterocycles. The van der Waals surface area contributed by atoms with Crippen molar-refractivity contribution in [1.29, 1.82) is 0 Å². The van der Waals surface area contributed by atoms with Crippen LogP contribution in [0.5, 0.6) is 0 Å². The number of hydrogen-bond acceptors (Lipinski definition) is 1.